The van der Waals surface area contributed by atoms with Gasteiger partial charge in [-0.15, -0.1) is 0 Å². The first-order chi connectivity index (χ1) is 10.9. The second kappa shape index (κ2) is 7.25. The second-order valence-electron chi connectivity index (χ2n) is 6.27. The standard InChI is InChI=1S/C19H20FNOSi/c1-23(2,3)22-19(16-9-11-18(20)12-10-16)13-17(14-21)15-7-5-4-6-8-15/h4-13,17H,1-3H3/b19-13-. The minimum absolute atomic E-state index is 0.291. The van der Waals surface area contributed by atoms with Crippen molar-refractivity contribution in [3.05, 3.63) is 77.6 Å². The van der Waals surface area contributed by atoms with Gasteiger partial charge in [0, 0.05) is 5.56 Å². The van der Waals surface area contributed by atoms with Crippen LogP contribution in [0.1, 0.15) is 17.0 Å². The van der Waals surface area contributed by atoms with Crippen LogP contribution in [0.5, 0.6) is 0 Å². The van der Waals surface area contributed by atoms with Crippen LogP contribution in [-0.2, 0) is 4.43 Å². The molecule has 2 nitrogen and oxygen atoms in total. The molecular weight excluding hydrogens is 305 g/mol. The van der Waals surface area contributed by atoms with Gasteiger partial charge in [0.05, 0.1) is 12.0 Å². The average molecular weight is 325 g/mol. The summed E-state index contributed by atoms with van der Waals surface area (Å²) in [5, 5.41) is 9.52. The van der Waals surface area contributed by atoms with E-state index in [2.05, 4.69) is 25.7 Å². The maximum Gasteiger partial charge on any atom is 0.242 e. The highest BCUT2D eigenvalue weighted by atomic mass is 28.4. The smallest absolute Gasteiger partial charge is 0.242 e. The lowest BCUT2D eigenvalue weighted by atomic mass is 9.98. The van der Waals surface area contributed by atoms with Crippen molar-refractivity contribution in [2.24, 2.45) is 0 Å². The molecule has 2 aromatic rings. The summed E-state index contributed by atoms with van der Waals surface area (Å²) < 4.78 is 19.3. The van der Waals surface area contributed by atoms with Crippen LogP contribution in [0.25, 0.3) is 5.76 Å². The fraction of sp³-hybridized carbons (Fsp3) is 0.211. The molecule has 0 aliphatic heterocycles. The first-order valence-electron chi connectivity index (χ1n) is 7.50. The SMILES string of the molecule is C[Si](C)(C)O/C(=C\C(C#N)c1ccccc1)c1ccc(F)cc1. The molecule has 2 aromatic carbocycles. The number of nitriles is 1. The molecule has 0 saturated heterocycles. The number of nitrogens with zero attached hydrogens (tertiary/aromatic N) is 1. The highest BCUT2D eigenvalue weighted by molar-refractivity contribution is 6.70. The Morgan fingerprint density at radius 3 is 2.22 bits per heavy atom. The Bertz CT molecular complexity index is 712. The summed E-state index contributed by atoms with van der Waals surface area (Å²) in [5.74, 6) is -0.0619. The molecule has 0 amide bonds. The lowest BCUT2D eigenvalue weighted by molar-refractivity contribution is 0.511. The van der Waals surface area contributed by atoms with E-state index in [1.165, 1.54) is 12.1 Å². The van der Waals surface area contributed by atoms with Crippen LogP contribution in [0, 0.1) is 17.1 Å². The minimum Gasteiger partial charge on any atom is -0.544 e. The van der Waals surface area contributed by atoms with Gasteiger partial charge in [0.1, 0.15) is 11.6 Å². The zero-order valence-corrected chi connectivity index (χ0v) is 14.6. The van der Waals surface area contributed by atoms with Gasteiger partial charge in [0.15, 0.2) is 0 Å². The molecule has 4 heteroatoms. The van der Waals surface area contributed by atoms with E-state index < -0.39 is 14.2 Å². The molecule has 23 heavy (non-hydrogen) atoms. The number of benzene rings is 2. The van der Waals surface area contributed by atoms with Crippen molar-refractivity contribution in [2.45, 2.75) is 25.6 Å². The molecule has 0 spiro atoms. The van der Waals surface area contributed by atoms with Crippen LogP contribution in [-0.4, -0.2) is 8.32 Å². The van der Waals surface area contributed by atoms with Crippen LogP contribution in [0.4, 0.5) is 4.39 Å². The van der Waals surface area contributed by atoms with Crippen molar-refractivity contribution >= 4 is 14.1 Å². The normalized spacial score (nSPS) is 13.3. The summed E-state index contributed by atoms with van der Waals surface area (Å²) in [6.07, 6.45) is 1.82. The highest BCUT2D eigenvalue weighted by Crippen LogP contribution is 2.27. The van der Waals surface area contributed by atoms with Crippen molar-refractivity contribution in [3.63, 3.8) is 0 Å². The number of hydrogen-bond acceptors (Lipinski definition) is 2. The highest BCUT2D eigenvalue weighted by Gasteiger charge is 2.20. The Morgan fingerprint density at radius 2 is 1.70 bits per heavy atom. The molecule has 2 rings (SSSR count). The van der Waals surface area contributed by atoms with Crippen molar-refractivity contribution in [1.29, 1.82) is 5.26 Å². The molecule has 0 bridgehead atoms. The second-order valence-corrected chi connectivity index (χ2v) is 10.7. The van der Waals surface area contributed by atoms with Crippen LogP contribution in [0.3, 0.4) is 0 Å². The van der Waals surface area contributed by atoms with Gasteiger partial charge >= 0.3 is 0 Å². The monoisotopic (exact) mass is 325 g/mol. The number of halogens is 1. The third-order valence-electron chi connectivity index (χ3n) is 3.16. The summed E-state index contributed by atoms with van der Waals surface area (Å²) in [6.45, 7) is 6.23. The largest absolute Gasteiger partial charge is 0.544 e. The molecule has 0 aliphatic carbocycles. The fourth-order valence-electron chi connectivity index (χ4n) is 2.15. The Balaban J connectivity index is 2.43. The van der Waals surface area contributed by atoms with Gasteiger partial charge in [0.2, 0.25) is 8.32 Å². The predicted molar refractivity (Wildman–Crippen MR) is 93.6 cm³/mol. The van der Waals surface area contributed by atoms with Gasteiger partial charge in [-0.05, 0) is 55.5 Å². The molecule has 0 aliphatic rings. The zero-order valence-electron chi connectivity index (χ0n) is 13.6. The van der Waals surface area contributed by atoms with E-state index in [1.54, 1.807) is 12.1 Å². The van der Waals surface area contributed by atoms with E-state index in [4.69, 9.17) is 4.43 Å². The van der Waals surface area contributed by atoms with Crippen LogP contribution in [0.15, 0.2) is 60.7 Å². The fourth-order valence-corrected chi connectivity index (χ4v) is 3.00. The van der Waals surface area contributed by atoms with E-state index in [0.717, 1.165) is 11.1 Å². The predicted octanol–water partition coefficient (Wildman–Crippen LogP) is 5.33. The Morgan fingerprint density at radius 1 is 1.09 bits per heavy atom. The maximum absolute atomic E-state index is 13.2. The van der Waals surface area contributed by atoms with Crippen LogP contribution in [0.2, 0.25) is 19.6 Å². The van der Waals surface area contributed by atoms with E-state index in [9.17, 15) is 9.65 Å². The van der Waals surface area contributed by atoms with Crippen molar-refractivity contribution < 1.29 is 8.82 Å². The third-order valence-corrected chi connectivity index (χ3v) is 3.99. The van der Waals surface area contributed by atoms with E-state index in [1.807, 2.05) is 36.4 Å². The first-order valence-corrected chi connectivity index (χ1v) is 10.9. The zero-order chi connectivity index (χ0) is 16.9. The molecule has 0 radical (unpaired) electrons. The molecule has 1 unspecified atom stereocenters. The van der Waals surface area contributed by atoms with E-state index >= 15 is 0 Å². The topological polar surface area (TPSA) is 33.0 Å². The summed E-state index contributed by atoms with van der Waals surface area (Å²) in [4.78, 5) is 0. The van der Waals surface area contributed by atoms with Crippen molar-refractivity contribution in [3.8, 4) is 6.07 Å². The van der Waals surface area contributed by atoms with Gasteiger partial charge in [-0.2, -0.15) is 5.26 Å². The van der Waals surface area contributed by atoms with E-state index in [0.29, 0.717) is 5.76 Å². The lowest BCUT2D eigenvalue weighted by Crippen LogP contribution is -2.24. The summed E-state index contributed by atoms with van der Waals surface area (Å²) >= 11 is 0. The molecule has 118 valence electrons. The minimum atomic E-state index is -1.87. The summed E-state index contributed by atoms with van der Waals surface area (Å²) in [7, 11) is -1.87. The summed E-state index contributed by atoms with van der Waals surface area (Å²) in [6, 6.07) is 18.0. The Labute approximate surface area is 138 Å². The molecule has 1 atom stereocenters. The van der Waals surface area contributed by atoms with Crippen LogP contribution < -0.4 is 0 Å². The maximum atomic E-state index is 13.2. The molecular formula is C19H20FNOSi. The quantitative estimate of drug-likeness (QED) is 0.550. The lowest BCUT2D eigenvalue weighted by Gasteiger charge is -2.23. The first kappa shape index (κ1) is 17.0. The molecule has 0 heterocycles. The van der Waals surface area contributed by atoms with Gasteiger partial charge in [-0.1, -0.05) is 30.3 Å². The van der Waals surface area contributed by atoms with E-state index in [-0.39, 0.29) is 5.82 Å². The van der Waals surface area contributed by atoms with Gasteiger partial charge < -0.3 is 4.43 Å². The Kier molecular flexibility index (Phi) is 5.35. The number of rotatable bonds is 5. The van der Waals surface area contributed by atoms with Crippen molar-refractivity contribution in [1.82, 2.24) is 0 Å². The summed E-state index contributed by atoms with van der Waals surface area (Å²) in [5.41, 5.74) is 1.69. The molecule has 0 fully saturated rings. The van der Waals surface area contributed by atoms with Gasteiger partial charge in [-0.3, -0.25) is 0 Å². The van der Waals surface area contributed by atoms with Crippen molar-refractivity contribution in [2.75, 3.05) is 0 Å². The molecule has 0 saturated carbocycles. The molecule has 0 aromatic heterocycles. The van der Waals surface area contributed by atoms with Gasteiger partial charge in [0.25, 0.3) is 0 Å². The number of allylic oxidation sites excluding steroid dienone is 1. The molecule has 0 N–H and O–H groups in total. The van der Waals surface area contributed by atoms with Gasteiger partial charge in [-0.25, -0.2) is 4.39 Å². The third kappa shape index (κ3) is 5.08. The Hall–Kier alpha value is -2.38. The average Bonchev–Trinajstić information content (AvgIpc) is 2.52. The number of hydrogen-bond donors (Lipinski definition) is 0. The van der Waals surface area contributed by atoms with Crippen LogP contribution >= 0.6 is 0 Å².